The summed E-state index contributed by atoms with van der Waals surface area (Å²) in [5.74, 6) is 0.271. The Hall–Kier alpha value is -3.40. The third-order valence-electron chi connectivity index (χ3n) is 6.54. The average molecular weight is 457 g/mol. The van der Waals surface area contributed by atoms with Crippen molar-refractivity contribution in [2.75, 3.05) is 0 Å². The zero-order chi connectivity index (χ0) is 23.9. The fourth-order valence-electron chi connectivity index (χ4n) is 4.73. The van der Waals surface area contributed by atoms with Crippen LogP contribution in [0.4, 0.5) is 0 Å². The van der Waals surface area contributed by atoms with E-state index in [1.807, 2.05) is 31.2 Å². The monoisotopic (exact) mass is 456 g/mol. The molecule has 1 aliphatic carbocycles. The lowest BCUT2D eigenvalue weighted by atomic mass is 9.88. The lowest BCUT2D eigenvalue weighted by Crippen LogP contribution is -2.16. The van der Waals surface area contributed by atoms with Gasteiger partial charge in [0.2, 0.25) is 0 Å². The first kappa shape index (κ1) is 23.7. The molecular formula is C30H32O4. The molecule has 3 aromatic rings. The lowest BCUT2D eigenvalue weighted by Gasteiger charge is -2.23. The van der Waals surface area contributed by atoms with Gasteiger partial charge in [-0.05, 0) is 73.9 Å². The quantitative estimate of drug-likeness (QED) is 0.261. The molecule has 34 heavy (non-hydrogen) atoms. The molecule has 0 saturated heterocycles. The molecule has 0 radical (unpaired) electrons. The minimum Gasteiger partial charge on any atom is -0.419 e. The maximum Gasteiger partial charge on any atom is 0.343 e. The van der Waals surface area contributed by atoms with Gasteiger partial charge >= 0.3 is 11.9 Å². The SMILES string of the molecule is CCCCc1c(C2CCCC2)cc(C)c(OC(=O)c2ccccc2)c1OC(=O)c1ccccc1. The smallest absolute Gasteiger partial charge is 0.343 e. The fraction of sp³-hybridized carbons (Fsp3) is 0.333. The van der Waals surface area contributed by atoms with E-state index < -0.39 is 11.9 Å². The Balaban J connectivity index is 1.80. The van der Waals surface area contributed by atoms with Crippen molar-refractivity contribution in [2.45, 2.75) is 64.7 Å². The van der Waals surface area contributed by atoms with E-state index >= 15 is 0 Å². The van der Waals surface area contributed by atoms with Gasteiger partial charge in [-0.25, -0.2) is 9.59 Å². The Morgan fingerprint density at radius 1 is 0.824 bits per heavy atom. The minimum atomic E-state index is -0.462. The molecule has 3 aromatic carbocycles. The van der Waals surface area contributed by atoms with Gasteiger partial charge in [0.05, 0.1) is 11.1 Å². The molecular weight excluding hydrogens is 424 g/mol. The molecule has 0 aliphatic heterocycles. The molecule has 0 atom stereocenters. The Morgan fingerprint density at radius 3 is 1.88 bits per heavy atom. The highest BCUT2D eigenvalue weighted by molar-refractivity contribution is 5.93. The van der Waals surface area contributed by atoms with Crippen molar-refractivity contribution in [3.05, 3.63) is 94.5 Å². The largest absolute Gasteiger partial charge is 0.419 e. The molecule has 1 fully saturated rings. The number of carbonyl (C=O) groups is 2. The molecule has 0 aromatic heterocycles. The molecule has 0 unspecified atom stereocenters. The summed E-state index contributed by atoms with van der Waals surface area (Å²) in [6.45, 7) is 4.07. The first-order valence-electron chi connectivity index (χ1n) is 12.3. The van der Waals surface area contributed by atoms with Crippen molar-refractivity contribution >= 4 is 11.9 Å². The summed E-state index contributed by atoms with van der Waals surface area (Å²) in [5, 5.41) is 0. The molecule has 0 N–H and O–H groups in total. The highest BCUT2D eigenvalue weighted by Crippen LogP contribution is 2.45. The van der Waals surface area contributed by atoms with Gasteiger partial charge in [0.25, 0.3) is 0 Å². The van der Waals surface area contributed by atoms with Crippen LogP contribution in [0.2, 0.25) is 0 Å². The van der Waals surface area contributed by atoms with Crippen LogP contribution in [0, 0.1) is 6.92 Å². The zero-order valence-electron chi connectivity index (χ0n) is 20.0. The third kappa shape index (κ3) is 5.39. The molecule has 0 heterocycles. The summed E-state index contributed by atoms with van der Waals surface area (Å²) >= 11 is 0. The molecule has 1 saturated carbocycles. The first-order valence-corrected chi connectivity index (χ1v) is 12.3. The van der Waals surface area contributed by atoms with Gasteiger partial charge in [0, 0.05) is 5.56 Å². The van der Waals surface area contributed by atoms with Crippen LogP contribution < -0.4 is 9.47 Å². The van der Waals surface area contributed by atoms with E-state index in [-0.39, 0.29) is 0 Å². The van der Waals surface area contributed by atoms with Crippen LogP contribution in [-0.2, 0) is 6.42 Å². The highest BCUT2D eigenvalue weighted by Gasteiger charge is 2.28. The number of esters is 2. The van der Waals surface area contributed by atoms with Gasteiger partial charge in [0.1, 0.15) is 0 Å². The van der Waals surface area contributed by atoms with Crippen molar-refractivity contribution in [2.24, 2.45) is 0 Å². The standard InChI is InChI=1S/C30H32O4/c1-3-4-19-25-26(22-13-11-12-14-22)20-21(2)27(33-29(31)23-15-7-5-8-16-23)28(25)34-30(32)24-17-9-6-10-18-24/h5-10,15-18,20,22H,3-4,11-14,19H2,1-2H3. The zero-order valence-corrected chi connectivity index (χ0v) is 20.0. The van der Waals surface area contributed by atoms with Crippen LogP contribution in [0.25, 0.3) is 0 Å². The predicted octanol–water partition coefficient (Wildman–Crippen LogP) is 7.43. The van der Waals surface area contributed by atoms with E-state index in [9.17, 15) is 9.59 Å². The number of ether oxygens (including phenoxy) is 2. The normalized spacial score (nSPS) is 13.6. The van der Waals surface area contributed by atoms with Gasteiger partial charge in [-0.15, -0.1) is 0 Å². The molecule has 0 bridgehead atoms. The van der Waals surface area contributed by atoms with Crippen LogP contribution in [0.15, 0.2) is 66.7 Å². The van der Waals surface area contributed by atoms with Gasteiger partial charge in [-0.1, -0.05) is 68.7 Å². The van der Waals surface area contributed by atoms with Crippen molar-refractivity contribution < 1.29 is 19.1 Å². The summed E-state index contributed by atoms with van der Waals surface area (Å²) < 4.78 is 12.0. The molecule has 4 rings (SSSR count). The van der Waals surface area contributed by atoms with E-state index in [2.05, 4.69) is 13.0 Å². The summed E-state index contributed by atoms with van der Waals surface area (Å²) in [6.07, 6.45) is 7.44. The molecule has 0 spiro atoms. The third-order valence-corrected chi connectivity index (χ3v) is 6.54. The van der Waals surface area contributed by atoms with Crippen LogP contribution in [0.5, 0.6) is 11.5 Å². The lowest BCUT2D eigenvalue weighted by molar-refractivity contribution is 0.0679. The van der Waals surface area contributed by atoms with E-state index in [1.54, 1.807) is 36.4 Å². The predicted molar refractivity (Wildman–Crippen MR) is 134 cm³/mol. The van der Waals surface area contributed by atoms with Crippen molar-refractivity contribution in [3.8, 4) is 11.5 Å². The van der Waals surface area contributed by atoms with Crippen molar-refractivity contribution in [1.29, 1.82) is 0 Å². The Morgan fingerprint density at radius 2 is 1.35 bits per heavy atom. The second-order valence-corrected chi connectivity index (χ2v) is 9.02. The Labute approximate surface area is 201 Å². The molecule has 1 aliphatic rings. The molecule has 0 amide bonds. The van der Waals surface area contributed by atoms with Crippen molar-refractivity contribution in [3.63, 3.8) is 0 Å². The van der Waals surface area contributed by atoms with E-state index in [0.717, 1.165) is 43.2 Å². The minimum absolute atomic E-state index is 0.339. The number of benzene rings is 3. The van der Waals surface area contributed by atoms with Gasteiger partial charge in [-0.3, -0.25) is 0 Å². The highest BCUT2D eigenvalue weighted by atomic mass is 16.6. The number of rotatable bonds is 8. The van der Waals surface area contributed by atoms with E-state index in [1.165, 1.54) is 18.4 Å². The van der Waals surface area contributed by atoms with Crippen LogP contribution in [-0.4, -0.2) is 11.9 Å². The fourth-order valence-corrected chi connectivity index (χ4v) is 4.73. The number of hydrogen-bond acceptors (Lipinski definition) is 4. The van der Waals surface area contributed by atoms with Gasteiger partial charge in [-0.2, -0.15) is 0 Å². The summed E-state index contributed by atoms with van der Waals surface area (Å²) in [4.78, 5) is 26.1. The second-order valence-electron chi connectivity index (χ2n) is 9.02. The second kappa shape index (κ2) is 11.1. The van der Waals surface area contributed by atoms with Crippen LogP contribution in [0.3, 0.4) is 0 Å². The average Bonchev–Trinajstić information content (AvgIpc) is 3.41. The first-order chi connectivity index (χ1) is 16.6. The van der Waals surface area contributed by atoms with Crippen LogP contribution >= 0.6 is 0 Å². The number of aryl methyl sites for hydroxylation is 1. The van der Waals surface area contributed by atoms with E-state index in [4.69, 9.17) is 9.47 Å². The topological polar surface area (TPSA) is 52.6 Å². The van der Waals surface area contributed by atoms with E-state index in [0.29, 0.717) is 28.5 Å². The molecule has 176 valence electrons. The number of hydrogen-bond donors (Lipinski definition) is 0. The summed E-state index contributed by atoms with van der Waals surface area (Å²) in [5.41, 5.74) is 3.96. The maximum absolute atomic E-state index is 13.1. The Bertz CT molecular complexity index is 1130. The number of carbonyl (C=O) groups excluding carboxylic acids is 2. The van der Waals surface area contributed by atoms with Gasteiger partial charge in [0.15, 0.2) is 11.5 Å². The summed E-state index contributed by atoms with van der Waals surface area (Å²) in [7, 11) is 0. The van der Waals surface area contributed by atoms with Crippen LogP contribution in [0.1, 0.15) is 88.8 Å². The van der Waals surface area contributed by atoms with Crippen molar-refractivity contribution in [1.82, 2.24) is 0 Å². The Kier molecular flexibility index (Phi) is 7.79. The van der Waals surface area contributed by atoms with Gasteiger partial charge < -0.3 is 9.47 Å². The number of unbranched alkanes of at least 4 members (excludes halogenated alkanes) is 1. The summed E-state index contributed by atoms with van der Waals surface area (Å²) in [6, 6.07) is 20.0. The molecule has 4 heteroatoms. The maximum atomic E-state index is 13.1. The molecule has 4 nitrogen and oxygen atoms in total.